The lowest BCUT2D eigenvalue weighted by Gasteiger charge is -2.32. The van der Waals surface area contributed by atoms with Gasteiger partial charge in [0.05, 0.1) is 5.52 Å². The van der Waals surface area contributed by atoms with Crippen molar-refractivity contribution in [3.05, 3.63) is 24.2 Å². The molecular weight excluding hydrogens is 212 g/mol. The van der Waals surface area contributed by atoms with Gasteiger partial charge >= 0.3 is 0 Å². The average Bonchev–Trinajstić information content (AvgIpc) is 2.71. The summed E-state index contributed by atoms with van der Waals surface area (Å²) in [5, 5.41) is 0. The molecule has 1 fully saturated rings. The summed E-state index contributed by atoms with van der Waals surface area (Å²) < 4.78 is 0. The fraction of sp³-hybridized carbons (Fsp3) is 0.538. The Hall–Kier alpha value is -1.42. The molecule has 1 aliphatic carbocycles. The molecule has 0 atom stereocenters. The van der Waals surface area contributed by atoms with Crippen molar-refractivity contribution in [1.29, 1.82) is 0 Å². The number of nitrogens with zero attached hydrogens (tertiary/aromatic N) is 2. The zero-order valence-corrected chi connectivity index (χ0v) is 9.95. The van der Waals surface area contributed by atoms with Crippen molar-refractivity contribution in [3.63, 3.8) is 0 Å². The van der Waals surface area contributed by atoms with Gasteiger partial charge in [-0.3, -0.25) is 0 Å². The highest BCUT2D eigenvalue weighted by molar-refractivity contribution is 5.69. The molecule has 2 heterocycles. The first-order valence-electron chi connectivity index (χ1n) is 6.34. The van der Waals surface area contributed by atoms with Crippen molar-refractivity contribution >= 4 is 11.2 Å². The van der Waals surface area contributed by atoms with Crippen LogP contribution in [0.2, 0.25) is 0 Å². The van der Waals surface area contributed by atoms with E-state index in [1.165, 1.54) is 19.3 Å². The smallest absolute Gasteiger partial charge is 0.177 e. The number of pyridine rings is 1. The molecule has 1 saturated carbocycles. The number of nitrogens with two attached hydrogens (primary N) is 1. The minimum absolute atomic E-state index is 0.0634. The third-order valence-electron chi connectivity index (χ3n) is 3.68. The minimum atomic E-state index is -0.0634. The molecular formula is C13H18N4. The summed E-state index contributed by atoms with van der Waals surface area (Å²) in [5.74, 6) is 0.975. The number of nitrogens with one attached hydrogen (secondary N) is 1. The summed E-state index contributed by atoms with van der Waals surface area (Å²) in [6.45, 7) is 0. The van der Waals surface area contributed by atoms with E-state index >= 15 is 0 Å². The summed E-state index contributed by atoms with van der Waals surface area (Å²) in [7, 11) is 0. The lowest BCUT2D eigenvalue weighted by molar-refractivity contribution is 0.290. The molecule has 90 valence electrons. The molecule has 2 aromatic rings. The lowest BCUT2D eigenvalue weighted by Crippen LogP contribution is -2.44. The molecule has 0 saturated heterocycles. The van der Waals surface area contributed by atoms with Gasteiger partial charge in [-0.15, -0.1) is 0 Å². The summed E-state index contributed by atoms with van der Waals surface area (Å²) in [5.41, 5.74) is 8.16. The van der Waals surface area contributed by atoms with Crippen molar-refractivity contribution in [3.8, 4) is 0 Å². The summed E-state index contributed by atoms with van der Waals surface area (Å²) in [4.78, 5) is 12.1. The Kier molecular flexibility index (Phi) is 2.59. The quantitative estimate of drug-likeness (QED) is 0.830. The summed E-state index contributed by atoms with van der Waals surface area (Å²) in [6, 6.07) is 3.92. The van der Waals surface area contributed by atoms with Gasteiger partial charge in [0.1, 0.15) is 5.82 Å². The standard InChI is InChI=1S/C13H18N4/c14-13(6-2-1-3-7-13)9-11-16-10-5-4-8-15-12(10)17-11/h4-5,8H,1-3,6-7,9,14H2,(H,15,16,17). The van der Waals surface area contributed by atoms with Crippen molar-refractivity contribution < 1.29 is 0 Å². The van der Waals surface area contributed by atoms with E-state index < -0.39 is 0 Å². The largest absolute Gasteiger partial charge is 0.341 e. The van der Waals surface area contributed by atoms with Gasteiger partial charge < -0.3 is 10.7 Å². The Labute approximate surface area is 101 Å². The topological polar surface area (TPSA) is 67.6 Å². The second-order valence-corrected chi connectivity index (χ2v) is 5.16. The van der Waals surface area contributed by atoms with Crippen LogP contribution in [0, 0.1) is 0 Å². The van der Waals surface area contributed by atoms with Gasteiger partial charge in [-0.25, -0.2) is 9.97 Å². The van der Waals surface area contributed by atoms with E-state index in [4.69, 9.17) is 5.73 Å². The van der Waals surface area contributed by atoms with Crippen LogP contribution in [0.5, 0.6) is 0 Å². The van der Waals surface area contributed by atoms with Crippen molar-refractivity contribution in [2.45, 2.75) is 44.1 Å². The predicted octanol–water partition coefficient (Wildman–Crippen LogP) is 2.16. The van der Waals surface area contributed by atoms with Gasteiger partial charge in [-0.05, 0) is 25.0 Å². The van der Waals surface area contributed by atoms with Gasteiger partial charge in [0.25, 0.3) is 0 Å². The van der Waals surface area contributed by atoms with Crippen molar-refractivity contribution in [2.24, 2.45) is 5.73 Å². The molecule has 1 aliphatic rings. The maximum atomic E-state index is 6.43. The van der Waals surface area contributed by atoms with Crippen LogP contribution in [0.3, 0.4) is 0 Å². The normalized spacial score (nSPS) is 19.6. The molecule has 3 N–H and O–H groups in total. The molecule has 0 unspecified atom stereocenters. The molecule has 4 nitrogen and oxygen atoms in total. The van der Waals surface area contributed by atoms with Crippen LogP contribution in [0.15, 0.2) is 18.3 Å². The molecule has 4 heteroatoms. The minimum Gasteiger partial charge on any atom is -0.341 e. The van der Waals surface area contributed by atoms with Gasteiger partial charge in [0.15, 0.2) is 5.65 Å². The Morgan fingerprint density at radius 2 is 2.12 bits per heavy atom. The van der Waals surface area contributed by atoms with Gasteiger partial charge in [0.2, 0.25) is 0 Å². The number of imidazole rings is 1. The van der Waals surface area contributed by atoms with E-state index in [9.17, 15) is 0 Å². The fourth-order valence-electron chi connectivity index (χ4n) is 2.74. The van der Waals surface area contributed by atoms with E-state index in [1.807, 2.05) is 12.1 Å². The lowest BCUT2D eigenvalue weighted by atomic mass is 9.80. The molecule has 3 rings (SSSR count). The van der Waals surface area contributed by atoms with Crippen LogP contribution in [0.1, 0.15) is 37.9 Å². The third-order valence-corrected chi connectivity index (χ3v) is 3.68. The SMILES string of the molecule is NC1(Cc2nc3ncccc3[nH]2)CCCCC1. The van der Waals surface area contributed by atoms with Crippen LogP contribution in [-0.4, -0.2) is 20.5 Å². The number of hydrogen-bond acceptors (Lipinski definition) is 3. The number of aromatic nitrogens is 3. The highest BCUT2D eigenvalue weighted by atomic mass is 15.0. The second kappa shape index (κ2) is 4.11. The molecule has 0 radical (unpaired) electrons. The van der Waals surface area contributed by atoms with Crippen LogP contribution in [-0.2, 0) is 6.42 Å². The maximum Gasteiger partial charge on any atom is 0.177 e. The molecule has 0 spiro atoms. The Balaban J connectivity index is 1.84. The molecule has 0 aliphatic heterocycles. The van der Waals surface area contributed by atoms with E-state index in [-0.39, 0.29) is 5.54 Å². The Morgan fingerprint density at radius 1 is 1.29 bits per heavy atom. The second-order valence-electron chi connectivity index (χ2n) is 5.16. The van der Waals surface area contributed by atoms with Crippen LogP contribution in [0.25, 0.3) is 11.2 Å². The van der Waals surface area contributed by atoms with Crippen molar-refractivity contribution in [2.75, 3.05) is 0 Å². The van der Waals surface area contributed by atoms with Gasteiger partial charge in [-0.1, -0.05) is 19.3 Å². The van der Waals surface area contributed by atoms with Crippen LogP contribution in [0.4, 0.5) is 0 Å². The maximum absolute atomic E-state index is 6.43. The number of fused-ring (bicyclic) bond motifs is 1. The first-order chi connectivity index (χ1) is 8.25. The van der Waals surface area contributed by atoms with Gasteiger partial charge in [0, 0.05) is 18.2 Å². The number of H-pyrrole nitrogens is 1. The third kappa shape index (κ3) is 2.17. The molecule has 0 amide bonds. The first-order valence-corrected chi connectivity index (χ1v) is 6.34. The first kappa shape index (κ1) is 10.7. The van der Waals surface area contributed by atoms with E-state index in [0.717, 1.165) is 36.3 Å². The molecule has 2 aromatic heterocycles. The average molecular weight is 230 g/mol. The highest BCUT2D eigenvalue weighted by Crippen LogP contribution is 2.28. The zero-order chi connectivity index (χ0) is 11.7. The molecule has 17 heavy (non-hydrogen) atoms. The van der Waals surface area contributed by atoms with E-state index in [1.54, 1.807) is 6.20 Å². The number of rotatable bonds is 2. The van der Waals surface area contributed by atoms with Crippen LogP contribution >= 0.6 is 0 Å². The van der Waals surface area contributed by atoms with E-state index in [2.05, 4.69) is 15.0 Å². The fourth-order valence-corrected chi connectivity index (χ4v) is 2.74. The summed E-state index contributed by atoms with van der Waals surface area (Å²) in [6.07, 6.45) is 8.63. The highest BCUT2D eigenvalue weighted by Gasteiger charge is 2.28. The predicted molar refractivity (Wildman–Crippen MR) is 67.6 cm³/mol. The van der Waals surface area contributed by atoms with E-state index in [0.29, 0.717) is 0 Å². The van der Waals surface area contributed by atoms with Crippen LogP contribution < -0.4 is 5.73 Å². The van der Waals surface area contributed by atoms with Crippen molar-refractivity contribution in [1.82, 2.24) is 15.0 Å². The van der Waals surface area contributed by atoms with Gasteiger partial charge in [-0.2, -0.15) is 0 Å². The number of hydrogen-bond donors (Lipinski definition) is 2. The number of aromatic amines is 1. The Bertz CT molecular complexity index is 478. The zero-order valence-electron chi connectivity index (χ0n) is 9.95. The summed E-state index contributed by atoms with van der Waals surface area (Å²) >= 11 is 0. The molecule has 0 bridgehead atoms. The molecule has 0 aromatic carbocycles. The monoisotopic (exact) mass is 230 g/mol. The Morgan fingerprint density at radius 3 is 2.88 bits per heavy atom.